The molecule has 0 amide bonds. The summed E-state index contributed by atoms with van der Waals surface area (Å²) in [5, 5.41) is 8.22. The van der Waals surface area contributed by atoms with E-state index in [-0.39, 0.29) is 6.79 Å². The Morgan fingerprint density at radius 1 is 0.528 bits per heavy atom. The Kier molecular flexibility index (Phi) is 10.1. The monoisotopic (exact) mass is 524 g/mol. The van der Waals surface area contributed by atoms with Crippen LogP contribution in [0, 0.1) is 0 Å². The fourth-order valence-electron chi connectivity index (χ4n) is 3.73. The Balaban J connectivity index is 1.29. The third-order valence-electron chi connectivity index (χ3n) is 5.46. The lowest BCUT2D eigenvalue weighted by atomic mass is 10.1. The van der Waals surface area contributed by atoms with Gasteiger partial charge in [0, 0.05) is 50.4 Å². The number of benzene rings is 2. The van der Waals surface area contributed by atoms with Crippen molar-refractivity contribution in [1.82, 2.24) is 0 Å². The highest BCUT2D eigenvalue weighted by atomic mass is 32.1. The second kappa shape index (κ2) is 13.9. The van der Waals surface area contributed by atoms with Gasteiger partial charge in [0.2, 0.25) is 0 Å². The summed E-state index contributed by atoms with van der Waals surface area (Å²) >= 11 is 3.24. The van der Waals surface area contributed by atoms with Crippen molar-refractivity contribution < 1.29 is 23.7 Å². The lowest BCUT2D eigenvalue weighted by Gasteiger charge is -2.14. The van der Waals surface area contributed by atoms with Crippen molar-refractivity contribution in [2.45, 2.75) is 26.7 Å². The molecule has 0 aliphatic heterocycles. The molecule has 0 unspecified atom stereocenters. The highest BCUT2D eigenvalue weighted by molar-refractivity contribution is 7.08. The summed E-state index contributed by atoms with van der Waals surface area (Å²) in [6, 6.07) is 16.2. The maximum atomic E-state index is 6.17. The number of hydrogen-bond donors (Lipinski definition) is 0. The normalized spacial score (nSPS) is 10.8. The fourth-order valence-corrected chi connectivity index (χ4v) is 5.26. The first-order chi connectivity index (χ1) is 17.8. The van der Waals surface area contributed by atoms with Crippen molar-refractivity contribution in [2.75, 3.05) is 33.2 Å². The van der Waals surface area contributed by atoms with Crippen molar-refractivity contribution in [1.29, 1.82) is 0 Å². The fraction of sp³-hybridized carbons (Fsp3) is 0.310. The van der Waals surface area contributed by atoms with Crippen LogP contribution in [0.15, 0.2) is 70.1 Å². The van der Waals surface area contributed by atoms with E-state index in [1.54, 1.807) is 22.7 Å². The Labute approximate surface area is 221 Å². The minimum atomic E-state index is 0.242. The van der Waals surface area contributed by atoms with E-state index in [0.29, 0.717) is 26.4 Å². The Morgan fingerprint density at radius 3 is 1.58 bits per heavy atom. The Bertz CT molecular complexity index is 1200. The summed E-state index contributed by atoms with van der Waals surface area (Å²) in [7, 11) is 0. The van der Waals surface area contributed by atoms with E-state index in [1.807, 2.05) is 61.0 Å². The molecule has 4 aromatic rings. The molecule has 0 atom stereocenters. The molecule has 0 saturated heterocycles. The van der Waals surface area contributed by atoms with Crippen molar-refractivity contribution in [3.63, 3.8) is 0 Å². The van der Waals surface area contributed by atoms with Gasteiger partial charge < -0.3 is 23.7 Å². The maximum absolute atomic E-state index is 6.17. The van der Waals surface area contributed by atoms with E-state index in [0.717, 1.165) is 58.1 Å². The third-order valence-corrected chi connectivity index (χ3v) is 6.91. The molecule has 0 N–H and O–H groups in total. The van der Waals surface area contributed by atoms with Gasteiger partial charge in [0.05, 0.1) is 19.8 Å². The molecule has 5 nitrogen and oxygen atoms in total. The molecule has 0 spiro atoms. The quantitative estimate of drug-likeness (QED) is 0.116. The molecule has 0 fully saturated rings. The summed E-state index contributed by atoms with van der Waals surface area (Å²) < 4.78 is 29.2. The SMILES string of the molecule is CCOCOc1cscc1-c1ccccc1OCCCCOc1ccccc1-c1cscc1OCC. The van der Waals surface area contributed by atoms with Gasteiger partial charge in [0.1, 0.15) is 23.0 Å². The molecule has 0 radical (unpaired) electrons. The molecule has 0 aliphatic carbocycles. The van der Waals surface area contributed by atoms with Crippen LogP contribution in [0.3, 0.4) is 0 Å². The second-order valence-electron chi connectivity index (χ2n) is 7.88. The minimum Gasteiger partial charge on any atom is -0.493 e. The molecule has 0 bridgehead atoms. The van der Waals surface area contributed by atoms with Gasteiger partial charge in [-0.3, -0.25) is 0 Å². The van der Waals surface area contributed by atoms with Crippen molar-refractivity contribution in [3.8, 4) is 45.3 Å². The van der Waals surface area contributed by atoms with Crippen LogP contribution in [-0.4, -0.2) is 33.2 Å². The largest absolute Gasteiger partial charge is 0.493 e. The number of unbranched alkanes of at least 4 members (excludes halogenated alkanes) is 1. The summed E-state index contributed by atoms with van der Waals surface area (Å²) in [6.07, 6.45) is 1.77. The lowest BCUT2D eigenvalue weighted by molar-refractivity contribution is 0.0230. The molecule has 2 heterocycles. The molecule has 7 heteroatoms. The highest BCUT2D eigenvalue weighted by Gasteiger charge is 2.14. The summed E-state index contributed by atoms with van der Waals surface area (Å²) in [5.41, 5.74) is 4.19. The van der Waals surface area contributed by atoms with Gasteiger partial charge in [-0.05, 0) is 38.8 Å². The zero-order valence-corrected chi connectivity index (χ0v) is 22.4. The predicted octanol–water partition coefficient (Wildman–Crippen LogP) is 8.15. The zero-order valence-electron chi connectivity index (χ0n) is 20.7. The highest BCUT2D eigenvalue weighted by Crippen LogP contribution is 2.40. The van der Waals surface area contributed by atoms with E-state index in [4.69, 9.17) is 23.7 Å². The molecule has 0 saturated carbocycles. The van der Waals surface area contributed by atoms with E-state index in [1.165, 1.54) is 0 Å². The van der Waals surface area contributed by atoms with Gasteiger partial charge in [-0.1, -0.05) is 36.4 Å². The molecular weight excluding hydrogens is 492 g/mol. The molecule has 190 valence electrons. The van der Waals surface area contributed by atoms with Crippen molar-refractivity contribution in [3.05, 3.63) is 70.1 Å². The molecule has 4 rings (SSSR count). The standard InChI is InChI=1S/C29H32O5S2/c1-3-30-21-34-29-20-36-18-25(29)23-12-6-8-14-27(23)33-16-10-9-15-32-26-13-7-5-11-22(26)24-17-35-19-28(24)31-4-2/h5-8,11-14,17-20H,3-4,9-10,15-16,21H2,1-2H3. The number of thiophene rings is 2. The van der Waals surface area contributed by atoms with Gasteiger partial charge >= 0.3 is 0 Å². The molecule has 2 aromatic carbocycles. The Hall–Kier alpha value is -3.00. The molecule has 0 aliphatic rings. The van der Waals surface area contributed by atoms with E-state index in [2.05, 4.69) is 22.9 Å². The van der Waals surface area contributed by atoms with Crippen LogP contribution in [0.5, 0.6) is 23.0 Å². The van der Waals surface area contributed by atoms with Crippen molar-refractivity contribution in [2.24, 2.45) is 0 Å². The average molecular weight is 525 g/mol. The first-order valence-electron chi connectivity index (χ1n) is 12.2. The average Bonchev–Trinajstić information content (AvgIpc) is 3.57. The van der Waals surface area contributed by atoms with Crippen LogP contribution in [-0.2, 0) is 4.74 Å². The maximum Gasteiger partial charge on any atom is 0.189 e. The zero-order chi connectivity index (χ0) is 25.0. The van der Waals surface area contributed by atoms with Gasteiger partial charge in [-0.15, -0.1) is 22.7 Å². The molecule has 36 heavy (non-hydrogen) atoms. The minimum absolute atomic E-state index is 0.242. The van der Waals surface area contributed by atoms with E-state index in [9.17, 15) is 0 Å². The number of rotatable bonds is 15. The van der Waals surface area contributed by atoms with Crippen LogP contribution >= 0.6 is 22.7 Å². The van der Waals surface area contributed by atoms with Gasteiger partial charge in [-0.2, -0.15) is 0 Å². The summed E-state index contributed by atoms with van der Waals surface area (Å²) in [5.74, 6) is 3.45. The van der Waals surface area contributed by atoms with Crippen LogP contribution in [0.4, 0.5) is 0 Å². The van der Waals surface area contributed by atoms with E-state index >= 15 is 0 Å². The summed E-state index contributed by atoms with van der Waals surface area (Å²) in [6.45, 7) is 6.69. The van der Waals surface area contributed by atoms with Crippen LogP contribution in [0.1, 0.15) is 26.7 Å². The first kappa shape index (κ1) is 26.1. The second-order valence-corrected chi connectivity index (χ2v) is 9.37. The first-order valence-corrected chi connectivity index (χ1v) is 14.1. The lowest BCUT2D eigenvalue weighted by Crippen LogP contribution is -2.04. The van der Waals surface area contributed by atoms with Crippen LogP contribution in [0.2, 0.25) is 0 Å². The predicted molar refractivity (Wildman–Crippen MR) is 148 cm³/mol. The van der Waals surface area contributed by atoms with E-state index < -0.39 is 0 Å². The number of hydrogen-bond acceptors (Lipinski definition) is 7. The molecule has 2 aromatic heterocycles. The number of ether oxygens (including phenoxy) is 5. The molecular formula is C29H32O5S2. The van der Waals surface area contributed by atoms with Gasteiger partial charge in [-0.25, -0.2) is 0 Å². The number of para-hydroxylation sites is 2. The third kappa shape index (κ3) is 6.81. The van der Waals surface area contributed by atoms with Crippen LogP contribution < -0.4 is 18.9 Å². The summed E-state index contributed by atoms with van der Waals surface area (Å²) in [4.78, 5) is 0. The van der Waals surface area contributed by atoms with Crippen LogP contribution in [0.25, 0.3) is 22.3 Å². The van der Waals surface area contributed by atoms with Gasteiger partial charge in [0.15, 0.2) is 6.79 Å². The van der Waals surface area contributed by atoms with Crippen molar-refractivity contribution >= 4 is 22.7 Å². The topological polar surface area (TPSA) is 46.2 Å². The smallest absolute Gasteiger partial charge is 0.189 e. The van der Waals surface area contributed by atoms with Gasteiger partial charge in [0.25, 0.3) is 0 Å². The Morgan fingerprint density at radius 2 is 1.06 bits per heavy atom.